The van der Waals surface area contributed by atoms with Crippen molar-refractivity contribution in [1.82, 2.24) is 10.2 Å². The van der Waals surface area contributed by atoms with Crippen molar-refractivity contribution in [3.05, 3.63) is 47.4 Å². The molecule has 8 nitrogen and oxygen atoms in total. The molecule has 1 aliphatic rings. The molecule has 158 valence electrons. The van der Waals surface area contributed by atoms with Crippen LogP contribution < -0.4 is 20.5 Å². The summed E-state index contributed by atoms with van der Waals surface area (Å²) in [6, 6.07) is 9.29. The second-order valence-electron chi connectivity index (χ2n) is 6.61. The minimum absolute atomic E-state index is 0. The van der Waals surface area contributed by atoms with Crippen molar-refractivity contribution >= 4 is 35.8 Å². The van der Waals surface area contributed by atoms with Gasteiger partial charge >= 0.3 is 0 Å². The number of methoxy groups -OCH3 is 2. The number of benzene rings is 1. The first kappa shape index (κ1) is 22.9. The highest BCUT2D eigenvalue weighted by atomic mass is 127. The second-order valence-corrected chi connectivity index (χ2v) is 6.61. The molecule has 1 atom stereocenters. The van der Waals surface area contributed by atoms with Gasteiger partial charge in [0.15, 0.2) is 11.7 Å². The highest BCUT2D eigenvalue weighted by Crippen LogP contribution is 2.32. The quantitative estimate of drug-likeness (QED) is 0.349. The Morgan fingerprint density at radius 3 is 2.52 bits per heavy atom. The van der Waals surface area contributed by atoms with Gasteiger partial charge in [-0.05, 0) is 36.2 Å². The van der Waals surface area contributed by atoms with Gasteiger partial charge in [0.2, 0.25) is 0 Å². The van der Waals surface area contributed by atoms with Crippen LogP contribution in [0.2, 0.25) is 0 Å². The predicted octanol–water partition coefficient (Wildman–Crippen LogP) is 2.58. The Labute approximate surface area is 187 Å². The Morgan fingerprint density at radius 2 is 1.97 bits per heavy atom. The largest absolute Gasteiger partial charge is 0.497 e. The van der Waals surface area contributed by atoms with Crippen LogP contribution in [-0.4, -0.2) is 51.1 Å². The smallest absolute Gasteiger partial charge is 0.284 e. The number of nitrogens with two attached hydrogens (primary N) is 1. The number of nitrogens with zero attached hydrogens (tertiary/aromatic N) is 2. The van der Waals surface area contributed by atoms with E-state index in [0.29, 0.717) is 18.2 Å². The van der Waals surface area contributed by atoms with E-state index >= 15 is 0 Å². The third-order valence-corrected chi connectivity index (χ3v) is 4.87. The number of furan rings is 1. The third-order valence-electron chi connectivity index (χ3n) is 4.87. The zero-order valence-electron chi connectivity index (χ0n) is 16.8. The first-order chi connectivity index (χ1) is 13.5. The summed E-state index contributed by atoms with van der Waals surface area (Å²) in [5.41, 5.74) is 6.40. The molecule has 0 radical (unpaired) electrons. The van der Waals surface area contributed by atoms with Crippen molar-refractivity contribution in [2.45, 2.75) is 18.9 Å². The van der Waals surface area contributed by atoms with Crippen LogP contribution in [0.3, 0.4) is 0 Å². The average Bonchev–Trinajstić information content (AvgIpc) is 3.38. The zero-order valence-corrected chi connectivity index (χ0v) is 19.1. The van der Waals surface area contributed by atoms with Gasteiger partial charge < -0.3 is 29.8 Å². The van der Waals surface area contributed by atoms with E-state index in [2.05, 4.69) is 27.3 Å². The summed E-state index contributed by atoms with van der Waals surface area (Å²) in [4.78, 5) is 17.7. The van der Waals surface area contributed by atoms with Gasteiger partial charge in [0, 0.05) is 32.1 Å². The number of ether oxygens (including phenoxy) is 2. The highest BCUT2D eigenvalue weighted by molar-refractivity contribution is 14.0. The van der Waals surface area contributed by atoms with Gasteiger partial charge in [0.05, 0.1) is 20.8 Å². The van der Waals surface area contributed by atoms with Crippen LogP contribution in [0, 0.1) is 0 Å². The number of carbonyl (C=O) groups excluding carboxylic acids is 1. The SMILES string of the molecule is CN=C(NCc1ccc(C(N)=O)o1)N1CCC(c2cc(OC)cc(OC)c2)C1.I. The van der Waals surface area contributed by atoms with Gasteiger partial charge in [-0.3, -0.25) is 9.79 Å². The molecule has 9 heteroatoms. The number of rotatable bonds is 6. The molecule has 1 aromatic carbocycles. The number of halogens is 1. The highest BCUT2D eigenvalue weighted by Gasteiger charge is 2.27. The summed E-state index contributed by atoms with van der Waals surface area (Å²) < 4.78 is 16.2. The molecule has 1 saturated heterocycles. The van der Waals surface area contributed by atoms with Crippen LogP contribution in [0.1, 0.15) is 34.2 Å². The molecule has 1 fully saturated rings. The average molecular weight is 514 g/mol. The van der Waals surface area contributed by atoms with Crippen LogP contribution in [0.5, 0.6) is 11.5 Å². The minimum atomic E-state index is -0.577. The molecule has 1 unspecified atom stereocenters. The monoisotopic (exact) mass is 514 g/mol. The van der Waals surface area contributed by atoms with E-state index in [1.165, 1.54) is 5.56 Å². The van der Waals surface area contributed by atoms with Gasteiger partial charge in [0.25, 0.3) is 5.91 Å². The van der Waals surface area contributed by atoms with Gasteiger partial charge in [0.1, 0.15) is 17.3 Å². The van der Waals surface area contributed by atoms with E-state index in [9.17, 15) is 4.79 Å². The molecule has 1 aromatic heterocycles. The number of primary amides is 1. The topological polar surface area (TPSA) is 102 Å². The van der Waals surface area contributed by atoms with E-state index in [1.807, 2.05) is 6.07 Å². The van der Waals surface area contributed by atoms with Crippen LogP contribution in [-0.2, 0) is 6.54 Å². The standard InChI is InChI=1S/C20H26N4O4.HI/c1-22-20(23-11-15-4-5-18(28-15)19(21)25)24-7-6-13(12-24)14-8-16(26-2)10-17(9-14)27-3;/h4-5,8-10,13H,6-7,11-12H2,1-3H3,(H2,21,25)(H,22,23);1H. The van der Waals surface area contributed by atoms with Crippen molar-refractivity contribution < 1.29 is 18.7 Å². The maximum absolute atomic E-state index is 11.1. The molecule has 29 heavy (non-hydrogen) atoms. The fourth-order valence-electron chi connectivity index (χ4n) is 3.39. The number of likely N-dealkylation sites (tertiary alicyclic amines) is 1. The summed E-state index contributed by atoms with van der Waals surface area (Å²) in [5.74, 6) is 2.92. The maximum atomic E-state index is 11.1. The predicted molar refractivity (Wildman–Crippen MR) is 121 cm³/mol. The number of hydrogen-bond donors (Lipinski definition) is 2. The van der Waals surface area contributed by atoms with Crippen molar-refractivity contribution in [3.63, 3.8) is 0 Å². The maximum Gasteiger partial charge on any atom is 0.284 e. The molecule has 3 N–H and O–H groups in total. The Balaban J connectivity index is 0.00000300. The van der Waals surface area contributed by atoms with E-state index < -0.39 is 5.91 Å². The fourth-order valence-corrected chi connectivity index (χ4v) is 3.39. The summed E-state index contributed by atoms with van der Waals surface area (Å²) in [6.07, 6.45) is 1.00. The zero-order chi connectivity index (χ0) is 20.1. The minimum Gasteiger partial charge on any atom is -0.497 e. The summed E-state index contributed by atoms with van der Waals surface area (Å²) >= 11 is 0. The van der Waals surface area contributed by atoms with Gasteiger partial charge in [-0.15, -0.1) is 24.0 Å². The lowest BCUT2D eigenvalue weighted by molar-refractivity contribution is 0.0972. The second kappa shape index (κ2) is 10.4. The Bertz CT molecular complexity index is 846. The van der Waals surface area contributed by atoms with E-state index in [1.54, 1.807) is 33.4 Å². The number of aliphatic imine (C=N–C) groups is 1. The summed E-state index contributed by atoms with van der Waals surface area (Å²) in [6.45, 7) is 2.14. The Hall–Kier alpha value is -2.43. The molecule has 2 aromatic rings. The molecule has 0 bridgehead atoms. The fraction of sp³-hybridized carbons (Fsp3) is 0.400. The Kier molecular flexibility index (Phi) is 8.18. The molecular formula is C20H27IN4O4. The first-order valence-electron chi connectivity index (χ1n) is 9.11. The number of carbonyl (C=O) groups is 1. The summed E-state index contributed by atoms with van der Waals surface area (Å²) in [5, 5.41) is 3.28. The molecule has 3 rings (SSSR count). The normalized spacial score (nSPS) is 16.3. The van der Waals surface area contributed by atoms with Crippen LogP contribution in [0.25, 0.3) is 0 Å². The number of amides is 1. The molecule has 0 aliphatic carbocycles. The Morgan fingerprint density at radius 1 is 1.28 bits per heavy atom. The number of nitrogens with one attached hydrogen (secondary N) is 1. The van der Waals surface area contributed by atoms with Crippen LogP contribution in [0.4, 0.5) is 0 Å². The van der Waals surface area contributed by atoms with Crippen molar-refractivity contribution in [2.75, 3.05) is 34.4 Å². The molecule has 1 aliphatic heterocycles. The molecule has 0 saturated carbocycles. The molecular weight excluding hydrogens is 487 g/mol. The van der Waals surface area contributed by atoms with E-state index in [0.717, 1.165) is 37.0 Å². The van der Waals surface area contributed by atoms with Gasteiger partial charge in [-0.2, -0.15) is 0 Å². The van der Waals surface area contributed by atoms with E-state index in [-0.39, 0.29) is 29.7 Å². The molecule has 0 spiro atoms. The van der Waals surface area contributed by atoms with Crippen LogP contribution in [0.15, 0.2) is 39.7 Å². The lowest BCUT2D eigenvalue weighted by Crippen LogP contribution is -2.39. The van der Waals surface area contributed by atoms with Crippen molar-refractivity contribution in [3.8, 4) is 11.5 Å². The van der Waals surface area contributed by atoms with Gasteiger partial charge in [-0.25, -0.2) is 0 Å². The van der Waals surface area contributed by atoms with Crippen LogP contribution >= 0.6 is 24.0 Å². The van der Waals surface area contributed by atoms with Crippen molar-refractivity contribution in [1.29, 1.82) is 0 Å². The number of guanidine groups is 1. The van der Waals surface area contributed by atoms with Crippen molar-refractivity contribution in [2.24, 2.45) is 10.7 Å². The lowest BCUT2D eigenvalue weighted by atomic mass is 9.98. The third kappa shape index (κ3) is 5.55. The van der Waals surface area contributed by atoms with E-state index in [4.69, 9.17) is 19.6 Å². The first-order valence-corrected chi connectivity index (χ1v) is 9.11. The lowest BCUT2D eigenvalue weighted by Gasteiger charge is -2.21. The number of hydrogen-bond acceptors (Lipinski definition) is 5. The molecule has 2 heterocycles. The van der Waals surface area contributed by atoms with Gasteiger partial charge in [-0.1, -0.05) is 0 Å². The summed E-state index contributed by atoms with van der Waals surface area (Å²) in [7, 11) is 5.06. The molecule has 1 amide bonds.